The fourth-order valence-electron chi connectivity index (χ4n) is 2.88. The molecule has 3 rings (SSSR count). The first-order valence-corrected chi connectivity index (χ1v) is 8.47. The number of aromatic nitrogens is 2. The van der Waals surface area contributed by atoms with Crippen LogP contribution in [0.1, 0.15) is 18.4 Å². The van der Waals surface area contributed by atoms with Gasteiger partial charge >= 0.3 is 5.69 Å². The van der Waals surface area contributed by atoms with Crippen LogP contribution in [0.5, 0.6) is 0 Å². The van der Waals surface area contributed by atoms with E-state index in [-0.39, 0.29) is 23.4 Å². The average Bonchev–Trinajstić information content (AvgIpc) is 3.13. The van der Waals surface area contributed by atoms with Crippen LogP contribution in [0, 0.1) is 10.1 Å². The van der Waals surface area contributed by atoms with Crippen molar-refractivity contribution in [2.75, 3.05) is 36.1 Å². The lowest BCUT2D eigenvalue weighted by atomic mass is 10.2. The molecule has 0 saturated carbocycles. The summed E-state index contributed by atoms with van der Waals surface area (Å²) in [6, 6.07) is 9.81. The number of nitrogen functional groups attached to an aromatic ring is 1. The maximum absolute atomic E-state index is 11.4. The molecule has 0 amide bonds. The molecule has 1 saturated heterocycles. The number of nitrogens with zero attached hydrogens (tertiary/aromatic N) is 4. The van der Waals surface area contributed by atoms with Gasteiger partial charge in [0.1, 0.15) is 0 Å². The van der Waals surface area contributed by atoms with Gasteiger partial charge in [0.05, 0.1) is 11.0 Å². The molecule has 26 heavy (non-hydrogen) atoms. The van der Waals surface area contributed by atoms with Crippen molar-refractivity contribution in [2.24, 2.45) is 0 Å². The Labute approximate surface area is 151 Å². The Balaban J connectivity index is 1.82. The second-order valence-corrected chi connectivity index (χ2v) is 6.22. The van der Waals surface area contributed by atoms with Crippen LogP contribution in [0.3, 0.4) is 0 Å². The van der Waals surface area contributed by atoms with Crippen LogP contribution in [0.4, 0.5) is 23.3 Å². The van der Waals surface area contributed by atoms with Crippen LogP contribution < -0.4 is 16.0 Å². The number of ether oxygens (including phenoxy) is 1. The Morgan fingerprint density at radius 1 is 1.38 bits per heavy atom. The van der Waals surface area contributed by atoms with Crippen molar-refractivity contribution >= 4 is 23.3 Å². The molecule has 1 atom stereocenters. The first kappa shape index (κ1) is 17.9. The second-order valence-electron chi connectivity index (χ2n) is 6.22. The molecule has 1 fully saturated rings. The third-order valence-electron chi connectivity index (χ3n) is 4.21. The number of nitrogens with one attached hydrogen (secondary N) is 1. The molecular weight excluding hydrogens is 336 g/mol. The third kappa shape index (κ3) is 4.17. The van der Waals surface area contributed by atoms with Gasteiger partial charge in [-0.3, -0.25) is 10.1 Å². The van der Waals surface area contributed by atoms with E-state index >= 15 is 0 Å². The maximum Gasteiger partial charge on any atom is 0.353 e. The summed E-state index contributed by atoms with van der Waals surface area (Å²) in [5.74, 6) is 0.287. The van der Waals surface area contributed by atoms with Gasteiger partial charge in [0.2, 0.25) is 17.6 Å². The zero-order valence-corrected chi connectivity index (χ0v) is 14.6. The van der Waals surface area contributed by atoms with E-state index < -0.39 is 4.92 Å². The molecular formula is C17H22N6O3. The van der Waals surface area contributed by atoms with Crippen molar-refractivity contribution in [3.05, 3.63) is 46.0 Å². The highest BCUT2D eigenvalue weighted by Crippen LogP contribution is 2.30. The summed E-state index contributed by atoms with van der Waals surface area (Å²) in [5.41, 5.74) is 6.62. The number of nitrogens with two attached hydrogens (primary N) is 1. The standard InChI is InChI=1S/C17H22N6O3/c1-22(11-12-6-3-2-4-7-12)17-20-15(18)14(23(24)25)16(21-17)19-10-13-8-5-9-26-13/h2-4,6-7,13H,5,8-11H2,1H3,(H3,18,19,20,21)/t13-/m1/s1. The summed E-state index contributed by atoms with van der Waals surface area (Å²) < 4.78 is 5.54. The molecule has 0 bridgehead atoms. The molecule has 2 aromatic rings. The van der Waals surface area contributed by atoms with E-state index in [4.69, 9.17) is 10.5 Å². The van der Waals surface area contributed by atoms with E-state index in [0.717, 1.165) is 18.4 Å². The summed E-state index contributed by atoms with van der Waals surface area (Å²) in [5, 5.41) is 14.4. The molecule has 1 aromatic heterocycles. The minimum atomic E-state index is -0.561. The number of hydrogen-bond acceptors (Lipinski definition) is 8. The van der Waals surface area contributed by atoms with E-state index in [1.165, 1.54) is 0 Å². The van der Waals surface area contributed by atoms with Crippen molar-refractivity contribution in [3.63, 3.8) is 0 Å². The van der Waals surface area contributed by atoms with E-state index in [0.29, 0.717) is 25.6 Å². The van der Waals surface area contributed by atoms with Gasteiger partial charge < -0.3 is 20.7 Å². The van der Waals surface area contributed by atoms with Gasteiger partial charge in [0, 0.05) is 26.7 Å². The quantitative estimate of drug-likeness (QED) is 0.571. The van der Waals surface area contributed by atoms with Gasteiger partial charge in [-0.2, -0.15) is 9.97 Å². The van der Waals surface area contributed by atoms with Gasteiger partial charge in [-0.15, -0.1) is 0 Å². The van der Waals surface area contributed by atoms with Crippen LogP contribution in [-0.2, 0) is 11.3 Å². The predicted molar refractivity (Wildman–Crippen MR) is 99.1 cm³/mol. The van der Waals surface area contributed by atoms with E-state index in [2.05, 4.69) is 15.3 Å². The minimum Gasteiger partial charge on any atom is -0.378 e. The number of nitro groups is 1. The first-order valence-electron chi connectivity index (χ1n) is 8.47. The number of hydrogen-bond donors (Lipinski definition) is 2. The molecule has 2 heterocycles. The van der Waals surface area contributed by atoms with Crippen LogP contribution in [0.15, 0.2) is 30.3 Å². The first-order chi connectivity index (χ1) is 12.5. The molecule has 3 N–H and O–H groups in total. The molecule has 9 nitrogen and oxygen atoms in total. The molecule has 9 heteroatoms. The number of benzene rings is 1. The Hall–Kier alpha value is -2.94. The fraction of sp³-hybridized carbons (Fsp3) is 0.412. The Kier molecular flexibility index (Phi) is 5.47. The molecule has 0 unspecified atom stereocenters. The highest BCUT2D eigenvalue weighted by molar-refractivity contribution is 5.70. The lowest BCUT2D eigenvalue weighted by molar-refractivity contribution is -0.383. The SMILES string of the molecule is CN(Cc1ccccc1)c1nc(N)c([N+](=O)[O-])c(NC[C@H]2CCCO2)n1. The Morgan fingerprint density at radius 2 is 2.15 bits per heavy atom. The van der Waals surface area contributed by atoms with Gasteiger partial charge in [-0.25, -0.2) is 0 Å². The third-order valence-corrected chi connectivity index (χ3v) is 4.21. The van der Waals surface area contributed by atoms with Crippen molar-refractivity contribution in [1.29, 1.82) is 0 Å². The van der Waals surface area contributed by atoms with Gasteiger partial charge in [0.25, 0.3) is 0 Å². The fourth-order valence-corrected chi connectivity index (χ4v) is 2.88. The minimum absolute atomic E-state index is 0.0243. The van der Waals surface area contributed by atoms with Gasteiger partial charge in [-0.05, 0) is 18.4 Å². The summed E-state index contributed by atoms with van der Waals surface area (Å²) in [7, 11) is 1.82. The number of anilines is 3. The summed E-state index contributed by atoms with van der Waals surface area (Å²) in [6.45, 7) is 1.72. The topological polar surface area (TPSA) is 119 Å². The van der Waals surface area contributed by atoms with Gasteiger partial charge in [0.15, 0.2) is 0 Å². The van der Waals surface area contributed by atoms with E-state index in [1.807, 2.05) is 37.4 Å². The highest BCUT2D eigenvalue weighted by Gasteiger charge is 2.25. The lowest BCUT2D eigenvalue weighted by Gasteiger charge is -2.19. The second kappa shape index (κ2) is 7.96. The molecule has 1 aliphatic heterocycles. The summed E-state index contributed by atoms with van der Waals surface area (Å²) in [6.07, 6.45) is 1.93. The average molecular weight is 358 g/mol. The number of rotatable bonds is 7. The summed E-state index contributed by atoms with van der Waals surface area (Å²) in [4.78, 5) is 21.1. The van der Waals surface area contributed by atoms with Crippen molar-refractivity contribution in [3.8, 4) is 0 Å². The van der Waals surface area contributed by atoms with E-state index in [1.54, 1.807) is 4.90 Å². The van der Waals surface area contributed by atoms with Crippen LogP contribution in [0.25, 0.3) is 0 Å². The zero-order chi connectivity index (χ0) is 18.5. The molecule has 0 radical (unpaired) electrons. The lowest BCUT2D eigenvalue weighted by Crippen LogP contribution is -2.23. The monoisotopic (exact) mass is 358 g/mol. The Bertz CT molecular complexity index is 765. The Morgan fingerprint density at radius 3 is 2.81 bits per heavy atom. The van der Waals surface area contributed by atoms with Gasteiger partial charge in [-0.1, -0.05) is 30.3 Å². The summed E-state index contributed by atoms with van der Waals surface area (Å²) >= 11 is 0. The zero-order valence-electron chi connectivity index (χ0n) is 14.6. The highest BCUT2D eigenvalue weighted by atomic mass is 16.6. The predicted octanol–water partition coefficient (Wildman–Crippen LogP) is 2.19. The molecule has 0 aliphatic carbocycles. The van der Waals surface area contributed by atoms with Crippen LogP contribution >= 0.6 is 0 Å². The van der Waals surface area contributed by atoms with Crippen LogP contribution in [-0.4, -0.2) is 41.2 Å². The van der Waals surface area contributed by atoms with Crippen molar-refractivity contribution in [1.82, 2.24) is 9.97 Å². The molecule has 1 aromatic carbocycles. The smallest absolute Gasteiger partial charge is 0.353 e. The largest absolute Gasteiger partial charge is 0.378 e. The molecule has 1 aliphatic rings. The maximum atomic E-state index is 11.4. The van der Waals surface area contributed by atoms with Crippen molar-refractivity contribution < 1.29 is 9.66 Å². The normalized spacial score (nSPS) is 16.4. The van der Waals surface area contributed by atoms with Crippen molar-refractivity contribution in [2.45, 2.75) is 25.5 Å². The molecule has 0 spiro atoms. The molecule has 138 valence electrons. The van der Waals surface area contributed by atoms with E-state index in [9.17, 15) is 10.1 Å². The van der Waals surface area contributed by atoms with Crippen LogP contribution in [0.2, 0.25) is 0 Å².